The topological polar surface area (TPSA) is 83.7 Å². The Kier molecular flexibility index (Phi) is 8.66. The number of halogens is 3. The lowest BCUT2D eigenvalue weighted by molar-refractivity contribution is -0.137. The number of hydrogen-bond donors (Lipinski definition) is 1. The number of benzene rings is 3. The molecule has 39 heavy (non-hydrogen) atoms. The normalized spacial score (nSPS) is 15.2. The fourth-order valence-electron chi connectivity index (χ4n) is 4.81. The molecule has 2 N–H and O–H groups in total. The van der Waals surface area contributed by atoms with Crippen molar-refractivity contribution in [3.05, 3.63) is 94.5 Å². The SMILES string of the molecule is CCS(=O)(=O)c1ccc(Cc2cc(N3CCCN(Cc4ccc(C(F)(F)F)cc4)CC3)ccc2C(N)=O)cc1. The van der Waals surface area contributed by atoms with E-state index < -0.39 is 27.5 Å². The largest absolute Gasteiger partial charge is 0.416 e. The summed E-state index contributed by atoms with van der Waals surface area (Å²) in [5, 5.41) is 0. The van der Waals surface area contributed by atoms with Crippen molar-refractivity contribution in [1.82, 2.24) is 4.90 Å². The molecular formula is C29H32F3N3O3S. The van der Waals surface area contributed by atoms with Crippen molar-refractivity contribution >= 4 is 21.4 Å². The number of carbonyl (C=O) groups excluding carboxylic acids is 1. The summed E-state index contributed by atoms with van der Waals surface area (Å²) in [5.41, 5.74) is 8.83. The summed E-state index contributed by atoms with van der Waals surface area (Å²) >= 11 is 0. The lowest BCUT2D eigenvalue weighted by Gasteiger charge is -2.25. The van der Waals surface area contributed by atoms with Gasteiger partial charge in [-0.15, -0.1) is 0 Å². The maximum absolute atomic E-state index is 12.9. The second-order valence-corrected chi connectivity index (χ2v) is 12.0. The second kappa shape index (κ2) is 11.8. The lowest BCUT2D eigenvalue weighted by atomic mass is 9.98. The molecule has 3 aromatic rings. The molecule has 6 nitrogen and oxygen atoms in total. The van der Waals surface area contributed by atoms with Gasteiger partial charge in [-0.2, -0.15) is 13.2 Å². The molecule has 1 heterocycles. The number of nitrogens with zero attached hydrogens (tertiary/aromatic N) is 2. The van der Waals surface area contributed by atoms with Gasteiger partial charge in [0, 0.05) is 44.0 Å². The van der Waals surface area contributed by atoms with Crippen molar-refractivity contribution in [1.29, 1.82) is 0 Å². The minimum atomic E-state index is -4.34. The van der Waals surface area contributed by atoms with Crippen LogP contribution in [0.2, 0.25) is 0 Å². The van der Waals surface area contributed by atoms with E-state index in [1.165, 1.54) is 12.1 Å². The van der Waals surface area contributed by atoms with Gasteiger partial charge in [-0.25, -0.2) is 8.42 Å². The number of carbonyl (C=O) groups is 1. The van der Waals surface area contributed by atoms with Crippen LogP contribution in [0.4, 0.5) is 18.9 Å². The van der Waals surface area contributed by atoms with Crippen molar-refractivity contribution in [2.45, 2.75) is 37.4 Å². The average molecular weight is 560 g/mol. The molecule has 0 saturated carbocycles. The third-order valence-electron chi connectivity index (χ3n) is 7.05. The predicted octanol–water partition coefficient (Wildman–Crippen LogP) is 4.90. The van der Waals surface area contributed by atoms with Crippen LogP contribution in [0, 0.1) is 0 Å². The van der Waals surface area contributed by atoms with Crippen LogP contribution in [0.3, 0.4) is 0 Å². The Bertz CT molecular complexity index is 1410. The number of primary amides is 1. The van der Waals surface area contributed by atoms with E-state index in [0.29, 0.717) is 18.5 Å². The van der Waals surface area contributed by atoms with Crippen molar-refractivity contribution < 1.29 is 26.4 Å². The summed E-state index contributed by atoms with van der Waals surface area (Å²) in [6.45, 7) is 5.24. The summed E-state index contributed by atoms with van der Waals surface area (Å²) in [6.07, 6.45) is -3.04. The van der Waals surface area contributed by atoms with Gasteiger partial charge in [0.1, 0.15) is 0 Å². The van der Waals surface area contributed by atoms with E-state index in [9.17, 15) is 26.4 Å². The molecule has 3 aromatic carbocycles. The van der Waals surface area contributed by atoms with E-state index in [-0.39, 0.29) is 10.6 Å². The highest BCUT2D eigenvalue weighted by Crippen LogP contribution is 2.29. The van der Waals surface area contributed by atoms with Crippen LogP contribution in [0.25, 0.3) is 0 Å². The number of alkyl halides is 3. The summed E-state index contributed by atoms with van der Waals surface area (Å²) in [5.74, 6) is -0.502. The quantitative estimate of drug-likeness (QED) is 0.425. The molecule has 1 aliphatic rings. The highest BCUT2D eigenvalue weighted by Gasteiger charge is 2.30. The molecule has 0 aromatic heterocycles. The zero-order valence-electron chi connectivity index (χ0n) is 21.7. The van der Waals surface area contributed by atoms with Gasteiger partial charge in [0.25, 0.3) is 0 Å². The molecule has 1 aliphatic heterocycles. The van der Waals surface area contributed by atoms with Gasteiger partial charge in [-0.3, -0.25) is 9.69 Å². The Morgan fingerprint density at radius 1 is 0.897 bits per heavy atom. The van der Waals surface area contributed by atoms with E-state index in [1.807, 2.05) is 12.1 Å². The first-order valence-corrected chi connectivity index (χ1v) is 14.5. The molecule has 0 radical (unpaired) electrons. The molecule has 0 atom stereocenters. The Morgan fingerprint density at radius 2 is 1.56 bits per heavy atom. The number of amides is 1. The Balaban J connectivity index is 1.46. The van der Waals surface area contributed by atoms with Crippen LogP contribution in [-0.2, 0) is 29.0 Å². The van der Waals surface area contributed by atoms with Gasteiger partial charge in [0.2, 0.25) is 5.91 Å². The van der Waals surface area contributed by atoms with Crippen LogP contribution in [0.5, 0.6) is 0 Å². The van der Waals surface area contributed by atoms with Gasteiger partial charge in [-0.05, 0) is 72.0 Å². The molecule has 0 unspecified atom stereocenters. The van der Waals surface area contributed by atoms with E-state index >= 15 is 0 Å². The standard InChI is InChI=1S/C29H32F3N3O3S/c1-2-39(37,38)26-11-6-21(7-12-26)18-23-19-25(10-13-27(23)28(33)36)35-15-3-14-34(16-17-35)20-22-4-8-24(9-5-22)29(30,31)32/h4-13,19H,2-3,14-18,20H2,1H3,(H2,33,36). The number of hydrogen-bond acceptors (Lipinski definition) is 5. The second-order valence-electron chi connectivity index (χ2n) is 9.74. The Morgan fingerprint density at radius 3 is 2.18 bits per heavy atom. The molecule has 1 amide bonds. The first-order valence-electron chi connectivity index (χ1n) is 12.8. The molecular weight excluding hydrogens is 527 g/mol. The molecule has 0 bridgehead atoms. The number of rotatable bonds is 8. The minimum Gasteiger partial charge on any atom is -0.370 e. The van der Waals surface area contributed by atoms with Crippen molar-refractivity contribution in [3.8, 4) is 0 Å². The van der Waals surface area contributed by atoms with Crippen molar-refractivity contribution in [2.75, 3.05) is 36.8 Å². The van der Waals surface area contributed by atoms with Gasteiger partial charge in [-0.1, -0.05) is 31.2 Å². The lowest BCUT2D eigenvalue weighted by Crippen LogP contribution is -2.30. The maximum atomic E-state index is 12.9. The van der Waals surface area contributed by atoms with Gasteiger partial charge < -0.3 is 10.6 Å². The van der Waals surface area contributed by atoms with Crippen LogP contribution in [0.1, 0.15) is 46.0 Å². The number of anilines is 1. The molecule has 1 fully saturated rings. The summed E-state index contributed by atoms with van der Waals surface area (Å²) < 4.78 is 62.8. The molecule has 0 aliphatic carbocycles. The van der Waals surface area contributed by atoms with Crippen LogP contribution in [0.15, 0.2) is 71.6 Å². The molecule has 1 saturated heterocycles. The van der Waals surface area contributed by atoms with Gasteiger partial charge in [0.15, 0.2) is 9.84 Å². The van der Waals surface area contributed by atoms with E-state index in [2.05, 4.69) is 9.80 Å². The Labute approximate surface area is 227 Å². The molecule has 0 spiro atoms. The van der Waals surface area contributed by atoms with Gasteiger partial charge in [0.05, 0.1) is 16.2 Å². The molecule has 208 valence electrons. The van der Waals surface area contributed by atoms with E-state index in [0.717, 1.165) is 67.1 Å². The zero-order chi connectivity index (χ0) is 28.2. The van der Waals surface area contributed by atoms with E-state index in [4.69, 9.17) is 5.73 Å². The smallest absolute Gasteiger partial charge is 0.370 e. The van der Waals surface area contributed by atoms with Crippen molar-refractivity contribution in [3.63, 3.8) is 0 Å². The highest BCUT2D eigenvalue weighted by atomic mass is 32.2. The van der Waals surface area contributed by atoms with Crippen LogP contribution >= 0.6 is 0 Å². The average Bonchev–Trinajstić information content (AvgIpc) is 3.14. The molecule has 4 rings (SSSR count). The molecule has 10 heteroatoms. The van der Waals surface area contributed by atoms with E-state index in [1.54, 1.807) is 37.3 Å². The summed E-state index contributed by atoms with van der Waals surface area (Å²) in [6, 6.07) is 17.6. The number of sulfone groups is 1. The maximum Gasteiger partial charge on any atom is 0.416 e. The summed E-state index contributed by atoms with van der Waals surface area (Å²) in [4.78, 5) is 16.9. The fourth-order valence-corrected chi connectivity index (χ4v) is 5.69. The van der Waals surface area contributed by atoms with Crippen LogP contribution < -0.4 is 10.6 Å². The highest BCUT2D eigenvalue weighted by molar-refractivity contribution is 7.91. The van der Waals surface area contributed by atoms with Gasteiger partial charge >= 0.3 is 6.18 Å². The van der Waals surface area contributed by atoms with Crippen molar-refractivity contribution in [2.24, 2.45) is 5.73 Å². The number of nitrogens with two attached hydrogens (primary N) is 1. The van der Waals surface area contributed by atoms with Crippen LogP contribution in [-0.4, -0.2) is 51.2 Å². The third-order valence-corrected chi connectivity index (χ3v) is 8.80. The predicted molar refractivity (Wildman–Crippen MR) is 145 cm³/mol. The summed E-state index contributed by atoms with van der Waals surface area (Å²) in [7, 11) is -3.30. The third kappa shape index (κ3) is 7.19. The fraction of sp³-hybridized carbons (Fsp3) is 0.345. The zero-order valence-corrected chi connectivity index (χ0v) is 22.6. The monoisotopic (exact) mass is 559 g/mol. The Hall–Kier alpha value is -3.37. The minimum absolute atomic E-state index is 0.0256. The first-order chi connectivity index (χ1) is 18.5. The first kappa shape index (κ1) is 28.6.